The number of aryl methyl sites for hydroxylation is 1. The average molecular weight is 431 g/mol. The van der Waals surface area contributed by atoms with Gasteiger partial charge < -0.3 is 9.64 Å². The summed E-state index contributed by atoms with van der Waals surface area (Å²) in [5, 5.41) is 0. The van der Waals surface area contributed by atoms with Crippen LogP contribution in [0.15, 0.2) is 53.4 Å². The molecule has 1 fully saturated rings. The van der Waals surface area contributed by atoms with Crippen molar-refractivity contribution in [3.63, 3.8) is 0 Å². The van der Waals surface area contributed by atoms with Crippen molar-refractivity contribution in [2.45, 2.75) is 44.0 Å². The van der Waals surface area contributed by atoms with Crippen molar-refractivity contribution in [3.8, 4) is 5.75 Å². The smallest absolute Gasteiger partial charge is 0.243 e. The number of hydrogen-bond donors (Lipinski definition) is 0. The van der Waals surface area contributed by atoms with Crippen molar-refractivity contribution in [2.75, 3.05) is 26.7 Å². The summed E-state index contributed by atoms with van der Waals surface area (Å²) in [6.45, 7) is 4.31. The van der Waals surface area contributed by atoms with Gasteiger partial charge in [0, 0.05) is 33.1 Å². The zero-order valence-electron chi connectivity index (χ0n) is 17.7. The van der Waals surface area contributed by atoms with E-state index in [2.05, 4.69) is 0 Å². The van der Waals surface area contributed by atoms with E-state index in [1.165, 1.54) is 0 Å². The molecular formula is C23H30N2O4S. The molecule has 1 aliphatic rings. The highest BCUT2D eigenvalue weighted by molar-refractivity contribution is 7.89. The molecule has 0 spiro atoms. The molecule has 2 aromatic carbocycles. The molecule has 7 heteroatoms. The van der Waals surface area contributed by atoms with Crippen molar-refractivity contribution in [1.29, 1.82) is 0 Å². The summed E-state index contributed by atoms with van der Waals surface area (Å²) in [6.07, 6.45) is 2.80. The van der Waals surface area contributed by atoms with E-state index >= 15 is 0 Å². The minimum Gasteiger partial charge on any atom is -0.494 e. The molecular weight excluding hydrogens is 400 g/mol. The number of sulfonamides is 1. The van der Waals surface area contributed by atoms with E-state index < -0.39 is 10.0 Å². The van der Waals surface area contributed by atoms with Crippen molar-refractivity contribution in [2.24, 2.45) is 0 Å². The molecule has 1 aliphatic heterocycles. The molecule has 0 aliphatic carbocycles. The van der Waals surface area contributed by atoms with Gasteiger partial charge in [-0.1, -0.05) is 24.3 Å². The Hall–Kier alpha value is -2.38. The molecule has 1 saturated heterocycles. The Morgan fingerprint density at radius 3 is 2.20 bits per heavy atom. The van der Waals surface area contributed by atoms with Gasteiger partial charge in [0.15, 0.2) is 0 Å². The van der Waals surface area contributed by atoms with Gasteiger partial charge in [-0.25, -0.2) is 8.42 Å². The summed E-state index contributed by atoms with van der Waals surface area (Å²) in [5.41, 5.74) is 2.00. The molecule has 0 bridgehead atoms. The molecule has 0 radical (unpaired) electrons. The summed E-state index contributed by atoms with van der Waals surface area (Å²) >= 11 is 0. The number of rotatable bonds is 9. The Kier molecular flexibility index (Phi) is 7.50. The molecule has 0 atom stereocenters. The molecule has 0 saturated carbocycles. The third kappa shape index (κ3) is 5.61. The average Bonchev–Trinajstić information content (AvgIpc) is 3.30. The van der Waals surface area contributed by atoms with E-state index in [0.717, 1.165) is 29.7 Å². The highest BCUT2D eigenvalue weighted by Crippen LogP contribution is 2.21. The number of amides is 1. The number of carbonyl (C=O) groups excluding carboxylic acids is 1. The lowest BCUT2D eigenvalue weighted by Crippen LogP contribution is -2.27. The second-order valence-corrected chi connectivity index (χ2v) is 9.52. The van der Waals surface area contributed by atoms with Crippen LogP contribution < -0.4 is 4.74 Å². The maximum Gasteiger partial charge on any atom is 0.243 e. The quantitative estimate of drug-likeness (QED) is 0.611. The molecule has 0 N–H and O–H groups in total. The van der Waals surface area contributed by atoms with Crippen molar-refractivity contribution < 1.29 is 17.9 Å². The molecule has 0 aromatic heterocycles. The lowest BCUT2D eigenvalue weighted by molar-refractivity contribution is -0.130. The fraction of sp³-hybridized carbons (Fsp3) is 0.435. The van der Waals surface area contributed by atoms with Crippen LogP contribution in [0.25, 0.3) is 0 Å². The standard InChI is InChI=1S/C23H30N2O4S/c1-3-29-21-11-6-20(7-12-21)18-24(2)23(26)15-10-19-8-13-22(14-9-19)30(27,28)25-16-4-5-17-25/h6-9,11-14H,3-5,10,15-18H2,1-2H3. The third-order valence-corrected chi connectivity index (χ3v) is 7.25. The van der Waals surface area contributed by atoms with Gasteiger partial charge >= 0.3 is 0 Å². The summed E-state index contributed by atoms with van der Waals surface area (Å²) in [7, 11) is -1.60. The van der Waals surface area contributed by atoms with Gasteiger partial charge in [-0.15, -0.1) is 0 Å². The number of benzene rings is 2. The number of carbonyl (C=O) groups is 1. The summed E-state index contributed by atoms with van der Waals surface area (Å²) in [6, 6.07) is 14.7. The fourth-order valence-corrected chi connectivity index (χ4v) is 5.08. The minimum atomic E-state index is -3.39. The molecule has 1 heterocycles. The first-order valence-corrected chi connectivity index (χ1v) is 11.9. The van der Waals surface area contributed by atoms with Gasteiger partial charge in [-0.05, 0) is 61.6 Å². The SMILES string of the molecule is CCOc1ccc(CN(C)C(=O)CCc2ccc(S(=O)(=O)N3CCCC3)cc2)cc1. The van der Waals surface area contributed by atoms with Crippen LogP contribution in [0, 0.1) is 0 Å². The maximum atomic E-state index is 12.6. The molecule has 1 amide bonds. The fourth-order valence-electron chi connectivity index (χ4n) is 3.57. The van der Waals surface area contributed by atoms with E-state index in [1.807, 2.05) is 43.3 Å². The Balaban J connectivity index is 1.51. The minimum absolute atomic E-state index is 0.0534. The predicted octanol–water partition coefficient (Wildman–Crippen LogP) is 3.46. The third-order valence-electron chi connectivity index (χ3n) is 5.33. The summed E-state index contributed by atoms with van der Waals surface area (Å²) in [5.74, 6) is 0.878. The van der Waals surface area contributed by atoms with E-state index in [-0.39, 0.29) is 5.91 Å². The normalized spacial score (nSPS) is 14.6. The van der Waals surface area contributed by atoms with E-state index in [1.54, 1.807) is 28.4 Å². The Morgan fingerprint density at radius 1 is 1.00 bits per heavy atom. The molecule has 0 unspecified atom stereocenters. The highest BCUT2D eigenvalue weighted by atomic mass is 32.2. The van der Waals surface area contributed by atoms with Crippen LogP contribution in [0.5, 0.6) is 5.75 Å². The zero-order chi connectivity index (χ0) is 21.6. The predicted molar refractivity (Wildman–Crippen MR) is 117 cm³/mol. The van der Waals surface area contributed by atoms with Crippen LogP contribution >= 0.6 is 0 Å². The number of nitrogens with zero attached hydrogens (tertiary/aromatic N) is 2. The van der Waals surface area contributed by atoms with Crippen molar-refractivity contribution >= 4 is 15.9 Å². The van der Waals surface area contributed by atoms with Gasteiger partial charge in [0.25, 0.3) is 0 Å². The van der Waals surface area contributed by atoms with Crippen LogP contribution in [0.1, 0.15) is 37.3 Å². The largest absolute Gasteiger partial charge is 0.494 e. The maximum absolute atomic E-state index is 12.6. The molecule has 6 nitrogen and oxygen atoms in total. The Labute approximate surface area is 179 Å². The number of hydrogen-bond acceptors (Lipinski definition) is 4. The monoisotopic (exact) mass is 430 g/mol. The zero-order valence-corrected chi connectivity index (χ0v) is 18.5. The lowest BCUT2D eigenvalue weighted by Gasteiger charge is -2.18. The molecule has 162 valence electrons. The molecule has 30 heavy (non-hydrogen) atoms. The molecule has 2 aromatic rings. The van der Waals surface area contributed by atoms with Gasteiger partial charge in [0.05, 0.1) is 11.5 Å². The first kappa shape index (κ1) is 22.3. The van der Waals surface area contributed by atoms with E-state index in [0.29, 0.717) is 44.0 Å². The Morgan fingerprint density at radius 2 is 1.60 bits per heavy atom. The summed E-state index contributed by atoms with van der Waals surface area (Å²) < 4.78 is 32.2. The number of ether oxygens (including phenoxy) is 1. The topological polar surface area (TPSA) is 66.9 Å². The lowest BCUT2D eigenvalue weighted by atomic mass is 10.1. The van der Waals surface area contributed by atoms with Crippen molar-refractivity contribution in [1.82, 2.24) is 9.21 Å². The first-order valence-electron chi connectivity index (χ1n) is 10.4. The van der Waals surface area contributed by atoms with Gasteiger partial charge in [0.1, 0.15) is 5.75 Å². The second-order valence-electron chi connectivity index (χ2n) is 7.58. The van der Waals surface area contributed by atoms with Crippen LogP contribution in [-0.2, 0) is 27.8 Å². The van der Waals surface area contributed by atoms with Crippen LogP contribution in [0.2, 0.25) is 0 Å². The van der Waals surface area contributed by atoms with Crippen molar-refractivity contribution in [3.05, 3.63) is 59.7 Å². The van der Waals surface area contributed by atoms with Crippen LogP contribution in [0.3, 0.4) is 0 Å². The van der Waals surface area contributed by atoms with Gasteiger partial charge in [-0.2, -0.15) is 4.31 Å². The van der Waals surface area contributed by atoms with Crippen LogP contribution in [-0.4, -0.2) is 50.3 Å². The van der Waals surface area contributed by atoms with E-state index in [9.17, 15) is 13.2 Å². The van der Waals surface area contributed by atoms with E-state index in [4.69, 9.17) is 4.74 Å². The summed E-state index contributed by atoms with van der Waals surface area (Å²) in [4.78, 5) is 14.5. The highest BCUT2D eigenvalue weighted by Gasteiger charge is 2.26. The first-order chi connectivity index (χ1) is 14.4. The Bertz CT molecular complexity index is 934. The molecule has 3 rings (SSSR count). The van der Waals surface area contributed by atoms with Gasteiger partial charge in [-0.3, -0.25) is 4.79 Å². The van der Waals surface area contributed by atoms with Crippen LogP contribution in [0.4, 0.5) is 0 Å². The second kappa shape index (κ2) is 10.1. The van der Waals surface area contributed by atoms with Gasteiger partial charge in [0.2, 0.25) is 15.9 Å².